The molecule has 0 radical (unpaired) electrons. The average Bonchev–Trinajstić information content (AvgIpc) is 2.61. The number of aryl methyl sites for hydroxylation is 1. The number of aliphatic imine (C=N–C) groups is 1. The fraction of sp³-hybridized carbons (Fsp3) is 0.182. The molecular formula is C22H22ClN3O. The monoisotopic (exact) mass is 379 g/mol. The molecule has 5 heteroatoms. The van der Waals surface area contributed by atoms with E-state index in [4.69, 9.17) is 17.3 Å². The molecule has 0 saturated carbocycles. The minimum Gasteiger partial charge on any atom is -0.405 e. The van der Waals surface area contributed by atoms with E-state index in [-0.39, 0.29) is 11.6 Å². The number of aromatic nitrogens is 1. The van der Waals surface area contributed by atoms with E-state index in [9.17, 15) is 4.79 Å². The minimum absolute atomic E-state index is 0.146. The second-order valence-electron chi connectivity index (χ2n) is 6.56. The summed E-state index contributed by atoms with van der Waals surface area (Å²) in [6.07, 6.45) is 3.20. The smallest absolute Gasteiger partial charge is 0.264 e. The molecule has 0 aliphatic carbocycles. The molecule has 138 valence electrons. The molecule has 0 fully saturated rings. The van der Waals surface area contributed by atoms with Crippen LogP contribution in [0.2, 0.25) is 5.02 Å². The first-order valence-corrected chi connectivity index (χ1v) is 9.14. The molecule has 27 heavy (non-hydrogen) atoms. The number of halogens is 1. The maximum atomic E-state index is 13.4. The number of nitrogens with two attached hydrogens (primary N) is 1. The molecule has 3 rings (SSSR count). The Labute approximate surface area is 163 Å². The molecule has 0 unspecified atom stereocenters. The first kappa shape index (κ1) is 18.9. The van der Waals surface area contributed by atoms with Crippen molar-refractivity contribution in [1.82, 2.24) is 4.57 Å². The summed E-state index contributed by atoms with van der Waals surface area (Å²) in [5, 5.41) is 1.77. The zero-order valence-corrected chi connectivity index (χ0v) is 16.4. The Hall–Kier alpha value is -2.85. The van der Waals surface area contributed by atoms with Gasteiger partial charge >= 0.3 is 0 Å². The van der Waals surface area contributed by atoms with Gasteiger partial charge in [-0.15, -0.1) is 0 Å². The Balaban J connectivity index is 2.36. The lowest BCUT2D eigenvalue weighted by atomic mass is 10.1. The highest BCUT2D eigenvalue weighted by Gasteiger charge is 2.17. The van der Waals surface area contributed by atoms with E-state index in [0.717, 1.165) is 28.0 Å². The molecule has 0 amide bonds. The van der Waals surface area contributed by atoms with Crippen molar-refractivity contribution < 1.29 is 0 Å². The fourth-order valence-corrected chi connectivity index (χ4v) is 3.50. The number of pyridine rings is 1. The topological polar surface area (TPSA) is 60.4 Å². The number of allylic oxidation sites excluding steroid dienone is 1. The Morgan fingerprint density at radius 3 is 2.67 bits per heavy atom. The lowest BCUT2D eigenvalue weighted by molar-refractivity contribution is 0.736. The predicted octanol–water partition coefficient (Wildman–Crippen LogP) is 4.95. The second-order valence-corrected chi connectivity index (χ2v) is 6.97. The third-order valence-corrected chi connectivity index (χ3v) is 4.76. The van der Waals surface area contributed by atoms with E-state index in [2.05, 4.69) is 4.99 Å². The van der Waals surface area contributed by atoms with E-state index >= 15 is 0 Å². The normalized spacial score (nSPS) is 13.4. The van der Waals surface area contributed by atoms with Crippen molar-refractivity contribution >= 4 is 28.1 Å². The number of nitrogens with zero attached hydrogens (tertiary/aromatic N) is 2. The highest BCUT2D eigenvalue weighted by Crippen LogP contribution is 2.27. The summed E-state index contributed by atoms with van der Waals surface area (Å²) in [5.74, 6) is 0. The molecule has 3 aromatic rings. The van der Waals surface area contributed by atoms with E-state index < -0.39 is 0 Å². The lowest BCUT2D eigenvalue weighted by Crippen LogP contribution is -2.23. The van der Waals surface area contributed by atoms with Crippen molar-refractivity contribution in [2.75, 3.05) is 0 Å². The van der Waals surface area contributed by atoms with Crippen molar-refractivity contribution in [1.29, 1.82) is 0 Å². The Bertz CT molecular complexity index is 1110. The van der Waals surface area contributed by atoms with Crippen molar-refractivity contribution in [3.05, 3.63) is 87.4 Å². The van der Waals surface area contributed by atoms with Crippen molar-refractivity contribution in [2.24, 2.45) is 10.7 Å². The van der Waals surface area contributed by atoms with Crippen LogP contribution in [0.5, 0.6) is 0 Å². The average molecular weight is 380 g/mol. The van der Waals surface area contributed by atoms with Gasteiger partial charge in [-0.2, -0.15) is 0 Å². The van der Waals surface area contributed by atoms with Crippen molar-refractivity contribution in [2.45, 2.75) is 26.8 Å². The molecule has 1 heterocycles. The van der Waals surface area contributed by atoms with Gasteiger partial charge in [-0.25, -0.2) is 0 Å². The van der Waals surface area contributed by atoms with E-state index in [0.29, 0.717) is 10.4 Å². The Morgan fingerprint density at radius 2 is 1.96 bits per heavy atom. The van der Waals surface area contributed by atoms with Crippen LogP contribution in [0.15, 0.2) is 70.6 Å². The zero-order valence-electron chi connectivity index (χ0n) is 15.6. The summed E-state index contributed by atoms with van der Waals surface area (Å²) in [6.45, 7) is 5.85. The van der Waals surface area contributed by atoms with Crippen LogP contribution < -0.4 is 11.3 Å². The molecule has 0 aliphatic rings. The maximum Gasteiger partial charge on any atom is 0.264 e. The summed E-state index contributed by atoms with van der Waals surface area (Å²) in [5.41, 5.74) is 8.78. The van der Waals surface area contributed by atoms with Gasteiger partial charge < -0.3 is 5.73 Å². The molecule has 0 bridgehead atoms. The largest absolute Gasteiger partial charge is 0.405 e. The van der Waals surface area contributed by atoms with Gasteiger partial charge in [0.15, 0.2) is 0 Å². The summed E-state index contributed by atoms with van der Waals surface area (Å²) < 4.78 is 1.70. The van der Waals surface area contributed by atoms with Gasteiger partial charge in [0.2, 0.25) is 0 Å². The molecule has 2 aromatic carbocycles. The van der Waals surface area contributed by atoms with Crippen LogP contribution in [-0.2, 0) is 0 Å². The fourth-order valence-electron chi connectivity index (χ4n) is 3.23. The predicted molar refractivity (Wildman–Crippen MR) is 114 cm³/mol. The number of benzene rings is 2. The number of hydrogen-bond acceptors (Lipinski definition) is 3. The lowest BCUT2D eigenvalue weighted by Gasteiger charge is -2.18. The third kappa shape index (κ3) is 3.81. The van der Waals surface area contributed by atoms with Crippen LogP contribution >= 0.6 is 11.6 Å². The van der Waals surface area contributed by atoms with Crippen LogP contribution in [0, 0.1) is 6.92 Å². The number of rotatable bonds is 4. The molecule has 0 spiro atoms. The zero-order chi connectivity index (χ0) is 19.6. The van der Waals surface area contributed by atoms with Crippen LogP contribution in [0.4, 0.5) is 0 Å². The van der Waals surface area contributed by atoms with E-state index in [1.165, 1.54) is 6.20 Å². The summed E-state index contributed by atoms with van der Waals surface area (Å²) >= 11 is 6.35. The van der Waals surface area contributed by atoms with Crippen LogP contribution in [-0.4, -0.2) is 10.3 Å². The van der Waals surface area contributed by atoms with Gasteiger partial charge in [0.1, 0.15) is 0 Å². The van der Waals surface area contributed by atoms with Crippen molar-refractivity contribution in [3.8, 4) is 5.69 Å². The molecule has 1 atom stereocenters. The van der Waals surface area contributed by atoms with Crippen molar-refractivity contribution in [3.63, 3.8) is 0 Å². The maximum absolute atomic E-state index is 13.4. The van der Waals surface area contributed by atoms with Crippen LogP contribution in [0.1, 0.15) is 31.1 Å². The van der Waals surface area contributed by atoms with Gasteiger partial charge in [0, 0.05) is 11.4 Å². The molecule has 0 aliphatic heterocycles. The van der Waals surface area contributed by atoms with Crippen LogP contribution in [0.3, 0.4) is 0 Å². The number of hydrogen-bond donors (Lipinski definition) is 1. The molecule has 2 N–H and O–H groups in total. The molecular weight excluding hydrogens is 358 g/mol. The van der Waals surface area contributed by atoms with Gasteiger partial charge in [-0.05, 0) is 68.3 Å². The quantitative estimate of drug-likeness (QED) is 0.652. The van der Waals surface area contributed by atoms with E-state index in [1.54, 1.807) is 16.7 Å². The minimum atomic E-state index is -0.238. The molecule has 1 aromatic heterocycles. The van der Waals surface area contributed by atoms with Gasteiger partial charge in [-0.3, -0.25) is 14.4 Å². The highest BCUT2D eigenvalue weighted by molar-refractivity contribution is 6.35. The first-order chi connectivity index (χ1) is 12.9. The van der Waals surface area contributed by atoms with Gasteiger partial charge in [-0.1, -0.05) is 35.9 Å². The Morgan fingerprint density at radius 1 is 1.22 bits per heavy atom. The molecule has 0 saturated heterocycles. The highest BCUT2D eigenvalue weighted by atomic mass is 35.5. The SMILES string of the molecule is CC(C=CN)=N[C@@H](C)c1cc2cccc(Cl)c2c(=O)n1-c1cccc(C)c1. The second kappa shape index (κ2) is 7.80. The third-order valence-electron chi connectivity index (χ3n) is 4.45. The summed E-state index contributed by atoms with van der Waals surface area (Å²) in [7, 11) is 0. The summed E-state index contributed by atoms with van der Waals surface area (Å²) in [6, 6.07) is 15.1. The molecule has 4 nitrogen and oxygen atoms in total. The van der Waals surface area contributed by atoms with Gasteiger partial charge in [0.05, 0.1) is 22.1 Å². The summed E-state index contributed by atoms with van der Waals surface area (Å²) in [4.78, 5) is 18.1. The standard InChI is InChI=1S/C22H22ClN3O/c1-14-6-4-8-18(12-14)26-20(16(3)25-15(2)10-11-24)13-17-7-5-9-19(23)21(17)22(26)27/h4-13,16H,24H2,1-3H3/t16-/m0/s1. The van der Waals surface area contributed by atoms with Crippen LogP contribution in [0.25, 0.3) is 16.5 Å². The number of fused-ring (bicyclic) bond motifs is 1. The first-order valence-electron chi connectivity index (χ1n) is 8.76. The van der Waals surface area contributed by atoms with E-state index in [1.807, 2.05) is 63.2 Å². The van der Waals surface area contributed by atoms with Gasteiger partial charge in [0.25, 0.3) is 5.56 Å². The Kier molecular flexibility index (Phi) is 5.47.